The lowest BCUT2D eigenvalue weighted by molar-refractivity contribution is 0.0894. The van der Waals surface area contributed by atoms with Crippen LogP contribution < -0.4 is 4.74 Å². The number of aryl methyl sites for hydroxylation is 1. The Hall–Kier alpha value is -3.20. The predicted molar refractivity (Wildman–Crippen MR) is 158 cm³/mol. The van der Waals surface area contributed by atoms with E-state index in [2.05, 4.69) is 31.2 Å². The molecule has 0 bridgehead atoms. The first-order valence-electron chi connectivity index (χ1n) is 14.6. The molecule has 0 saturated heterocycles. The molecule has 0 fully saturated rings. The molecule has 0 atom stereocenters. The summed E-state index contributed by atoms with van der Waals surface area (Å²) in [5.74, 6) is 0.276. The van der Waals surface area contributed by atoms with Crippen molar-refractivity contribution in [2.24, 2.45) is 0 Å². The van der Waals surface area contributed by atoms with Crippen molar-refractivity contribution in [2.45, 2.75) is 90.9 Å². The van der Waals surface area contributed by atoms with Crippen LogP contribution >= 0.6 is 0 Å². The van der Waals surface area contributed by atoms with Gasteiger partial charge in [0.2, 0.25) is 0 Å². The highest BCUT2D eigenvalue weighted by molar-refractivity contribution is 6.13. The monoisotopic (exact) mass is 512 g/mol. The van der Waals surface area contributed by atoms with Crippen LogP contribution in [0.15, 0.2) is 72.8 Å². The molecule has 3 rings (SSSR count). The molecule has 202 valence electrons. The van der Waals surface area contributed by atoms with Crippen LogP contribution in [0.4, 0.5) is 0 Å². The molecule has 0 radical (unpaired) electrons. The van der Waals surface area contributed by atoms with E-state index in [0.717, 1.165) is 17.5 Å². The normalized spacial score (nSPS) is 10.9. The second-order valence-corrected chi connectivity index (χ2v) is 10.2. The number of benzene rings is 3. The van der Waals surface area contributed by atoms with Crippen LogP contribution in [0.2, 0.25) is 0 Å². The van der Waals surface area contributed by atoms with Crippen LogP contribution in [-0.2, 0) is 6.42 Å². The highest BCUT2D eigenvalue weighted by Crippen LogP contribution is 2.22. The van der Waals surface area contributed by atoms with Crippen molar-refractivity contribution in [2.75, 3.05) is 6.61 Å². The summed E-state index contributed by atoms with van der Waals surface area (Å²) in [6.07, 6.45) is 14.6. The molecule has 38 heavy (non-hydrogen) atoms. The van der Waals surface area contributed by atoms with Gasteiger partial charge in [0.05, 0.1) is 13.0 Å². The van der Waals surface area contributed by atoms with Crippen molar-refractivity contribution < 1.29 is 14.3 Å². The highest BCUT2D eigenvalue weighted by atomic mass is 16.5. The van der Waals surface area contributed by atoms with Crippen LogP contribution in [0.1, 0.15) is 111 Å². The molecular formula is C35H44O3. The number of carbonyl (C=O) groups excluding carboxylic acids is 2. The number of Topliss-reactive ketones (excluding diaryl/α,β-unsaturated/α-hetero) is 2. The molecule has 0 aliphatic carbocycles. The number of rotatable bonds is 18. The summed E-state index contributed by atoms with van der Waals surface area (Å²) in [6, 6.07) is 23.3. The first-order chi connectivity index (χ1) is 18.6. The van der Waals surface area contributed by atoms with Gasteiger partial charge in [0, 0.05) is 11.1 Å². The molecule has 0 saturated carbocycles. The molecule has 0 heterocycles. The average molecular weight is 513 g/mol. The molecule has 0 amide bonds. The molecule has 0 spiro atoms. The lowest BCUT2D eigenvalue weighted by Crippen LogP contribution is -2.09. The van der Waals surface area contributed by atoms with Gasteiger partial charge in [-0.15, -0.1) is 0 Å². The fourth-order valence-electron chi connectivity index (χ4n) is 4.80. The van der Waals surface area contributed by atoms with Gasteiger partial charge in [-0.25, -0.2) is 0 Å². The summed E-state index contributed by atoms with van der Waals surface area (Å²) in [5.41, 5.74) is 4.65. The minimum atomic E-state index is -0.196. The van der Waals surface area contributed by atoms with E-state index >= 15 is 0 Å². The smallest absolute Gasteiger partial charge is 0.170 e. The zero-order valence-electron chi connectivity index (χ0n) is 23.3. The third-order valence-corrected chi connectivity index (χ3v) is 7.10. The van der Waals surface area contributed by atoms with Crippen molar-refractivity contribution in [3.05, 3.63) is 89.5 Å². The number of ether oxygens (including phenoxy) is 1. The SMILES string of the molecule is CCCCCCCCCCCCc1ccc(-c2ccc(C(=O)CC(=O)c3cccc(OCC)c3)cc2)cc1. The van der Waals surface area contributed by atoms with Gasteiger partial charge >= 0.3 is 0 Å². The van der Waals surface area contributed by atoms with Crippen LogP contribution in [0.3, 0.4) is 0 Å². The van der Waals surface area contributed by atoms with E-state index in [0.29, 0.717) is 23.5 Å². The van der Waals surface area contributed by atoms with Crippen LogP contribution in [0, 0.1) is 0 Å². The first kappa shape index (κ1) is 29.4. The molecule has 0 unspecified atom stereocenters. The third kappa shape index (κ3) is 9.93. The lowest BCUT2D eigenvalue weighted by atomic mass is 9.97. The molecule has 3 heteroatoms. The zero-order valence-corrected chi connectivity index (χ0v) is 23.3. The van der Waals surface area contributed by atoms with E-state index in [-0.39, 0.29) is 18.0 Å². The number of hydrogen-bond acceptors (Lipinski definition) is 3. The van der Waals surface area contributed by atoms with Gasteiger partial charge in [0.15, 0.2) is 11.6 Å². The summed E-state index contributed by atoms with van der Waals surface area (Å²) in [7, 11) is 0. The minimum Gasteiger partial charge on any atom is -0.494 e. The Labute approximate surface area is 229 Å². The molecule has 0 aliphatic heterocycles. The van der Waals surface area contributed by atoms with Crippen LogP contribution in [0.5, 0.6) is 5.75 Å². The summed E-state index contributed by atoms with van der Waals surface area (Å²) >= 11 is 0. The topological polar surface area (TPSA) is 43.4 Å². The second kappa shape index (κ2) is 16.6. The van der Waals surface area contributed by atoms with E-state index in [1.54, 1.807) is 18.2 Å². The lowest BCUT2D eigenvalue weighted by Gasteiger charge is -2.07. The Kier molecular flexibility index (Phi) is 12.8. The Morgan fingerprint density at radius 2 is 1.16 bits per heavy atom. The first-order valence-corrected chi connectivity index (χ1v) is 14.6. The van der Waals surface area contributed by atoms with Crippen molar-refractivity contribution in [1.29, 1.82) is 0 Å². The highest BCUT2D eigenvalue weighted by Gasteiger charge is 2.14. The Morgan fingerprint density at radius 1 is 0.605 bits per heavy atom. The van der Waals surface area contributed by atoms with E-state index in [1.807, 2.05) is 37.3 Å². The summed E-state index contributed by atoms with van der Waals surface area (Å²) in [6.45, 7) is 4.70. The van der Waals surface area contributed by atoms with E-state index in [4.69, 9.17) is 4.74 Å². The van der Waals surface area contributed by atoms with Crippen LogP contribution in [0.25, 0.3) is 11.1 Å². The van der Waals surface area contributed by atoms with Crippen molar-refractivity contribution in [3.63, 3.8) is 0 Å². The minimum absolute atomic E-state index is 0.150. The van der Waals surface area contributed by atoms with Crippen LogP contribution in [-0.4, -0.2) is 18.2 Å². The van der Waals surface area contributed by atoms with Crippen molar-refractivity contribution >= 4 is 11.6 Å². The van der Waals surface area contributed by atoms with E-state index < -0.39 is 0 Å². The third-order valence-electron chi connectivity index (χ3n) is 7.10. The number of carbonyl (C=O) groups is 2. The summed E-state index contributed by atoms with van der Waals surface area (Å²) < 4.78 is 5.46. The number of unbranched alkanes of at least 4 members (excludes halogenated alkanes) is 9. The van der Waals surface area contributed by atoms with Gasteiger partial charge in [0.25, 0.3) is 0 Å². The van der Waals surface area contributed by atoms with Gasteiger partial charge in [-0.3, -0.25) is 9.59 Å². The van der Waals surface area contributed by atoms with Gasteiger partial charge in [-0.05, 0) is 48.6 Å². The maximum atomic E-state index is 12.7. The van der Waals surface area contributed by atoms with Crippen molar-refractivity contribution in [3.8, 4) is 16.9 Å². The van der Waals surface area contributed by atoms with Gasteiger partial charge in [-0.1, -0.05) is 125 Å². The maximum Gasteiger partial charge on any atom is 0.170 e. The molecule has 3 aromatic carbocycles. The fraction of sp³-hybridized carbons (Fsp3) is 0.429. The summed E-state index contributed by atoms with van der Waals surface area (Å²) in [4.78, 5) is 25.3. The summed E-state index contributed by atoms with van der Waals surface area (Å²) in [5, 5.41) is 0. The van der Waals surface area contributed by atoms with E-state index in [9.17, 15) is 9.59 Å². The fourth-order valence-corrected chi connectivity index (χ4v) is 4.80. The second-order valence-electron chi connectivity index (χ2n) is 10.2. The molecule has 3 aromatic rings. The number of ketones is 2. The quantitative estimate of drug-likeness (QED) is 0.0968. The van der Waals surface area contributed by atoms with Gasteiger partial charge in [-0.2, -0.15) is 0 Å². The van der Waals surface area contributed by atoms with Gasteiger partial charge in [0.1, 0.15) is 5.75 Å². The largest absolute Gasteiger partial charge is 0.494 e. The predicted octanol–water partition coefficient (Wildman–Crippen LogP) is 9.67. The maximum absolute atomic E-state index is 12.7. The van der Waals surface area contributed by atoms with Gasteiger partial charge < -0.3 is 4.74 Å². The standard InChI is InChI=1S/C35H44O3/c1-3-5-6-7-8-9-10-11-12-13-15-28-18-20-29(21-19-28)30-22-24-31(25-23-30)34(36)27-35(37)32-16-14-17-33(26-32)38-4-2/h14,16-26H,3-13,15,27H2,1-2H3. The Balaban J connectivity index is 1.41. The Bertz CT molecular complexity index is 1110. The molecule has 0 aromatic heterocycles. The average Bonchev–Trinajstić information content (AvgIpc) is 2.95. The van der Waals surface area contributed by atoms with Crippen molar-refractivity contribution in [1.82, 2.24) is 0 Å². The molecule has 3 nitrogen and oxygen atoms in total. The Morgan fingerprint density at radius 3 is 1.76 bits per heavy atom. The molecule has 0 aliphatic rings. The zero-order chi connectivity index (χ0) is 27.0. The molecule has 0 N–H and O–H groups in total. The van der Waals surface area contributed by atoms with E-state index in [1.165, 1.54) is 69.8 Å². The number of hydrogen-bond donors (Lipinski definition) is 0. The molecular weight excluding hydrogens is 468 g/mol.